The Morgan fingerprint density at radius 2 is 1.73 bits per heavy atom. The molecule has 0 fully saturated rings. The summed E-state index contributed by atoms with van der Waals surface area (Å²) in [5.74, 6) is 1.09. The fraction of sp³-hybridized carbons (Fsp3) is 0.571. The highest BCUT2D eigenvalue weighted by Gasteiger charge is 2.08. The van der Waals surface area contributed by atoms with Crippen LogP contribution in [0, 0.1) is 6.92 Å². The molecular formula is C14H24O. The molecule has 1 heteroatoms. The maximum Gasteiger partial charge on any atom is 0.122 e. The average molecular weight is 208 g/mol. The summed E-state index contributed by atoms with van der Waals surface area (Å²) in [6.07, 6.45) is 2.34. The van der Waals surface area contributed by atoms with Gasteiger partial charge in [0.25, 0.3) is 0 Å². The first kappa shape index (κ1) is 14.0. The van der Waals surface area contributed by atoms with E-state index >= 15 is 0 Å². The molecule has 1 aromatic rings. The molecular weight excluding hydrogens is 184 g/mol. The molecule has 0 saturated carbocycles. The SMILES string of the molecule is CC.CC.Cc1ccc2c(c1)CCCO2. The topological polar surface area (TPSA) is 9.23 Å². The van der Waals surface area contributed by atoms with Crippen LogP contribution in [-0.4, -0.2) is 6.61 Å². The molecule has 1 aliphatic rings. The Morgan fingerprint density at radius 3 is 2.40 bits per heavy atom. The second-order valence-electron chi connectivity index (χ2n) is 3.06. The van der Waals surface area contributed by atoms with Crippen molar-refractivity contribution in [2.45, 2.75) is 47.5 Å². The van der Waals surface area contributed by atoms with Gasteiger partial charge in [0.2, 0.25) is 0 Å². The molecule has 0 saturated heterocycles. The molecule has 0 aromatic heterocycles. The molecule has 0 N–H and O–H groups in total. The van der Waals surface area contributed by atoms with Crippen molar-refractivity contribution in [1.29, 1.82) is 0 Å². The minimum atomic E-state index is 0.885. The fourth-order valence-corrected chi connectivity index (χ4v) is 1.49. The highest BCUT2D eigenvalue weighted by atomic mass is 16.5. The van der Waals surface area contributed by atoms with E-state index in [0.29, 0.717) is 0 Å². The molecule has 0 atom stereocenters. The van der Waals surface area contributed by atoms with Crippen molar-refractivity contribution in [2.75, 3.05) is 6.61 Å². The summed E-state index contributed by atoms with van der Waals surface area (Å²) in [7, 11) is 0. The second-order valence-corrected chi connectivity index (χ2v) is 3.06. The Bertz CT molecular complexity index is 266. The minimum absolute atomic E-state index is 0.885. The summed E-state index contributed by atoms with van der Waals surface area (Å²) >= 11 is 0. The third-order valence-electron chi connectivity index (χ3n) is 2.06. The Hall–Kier alpha value is -0.980. The van der Waals surface area contributed by atoms with Crippen molar-refractivity contribution < 1.29 is 4.74 Å². The molecule has 1 aliphatic heterocycles. The molecule has 1 nitrogen and oxygen atoms in total. The monoisotopic (exact) mass is 208 g/mol. The number of aryl methyl sites for hydroxylation is 2. The Kier molecular flexibility index (Phi) is 7.79. The standard InChI is InChI=1S/C10H12O.2C2H6/c1-8-4-5-10-9(7-8)3-2-6-11-10;2*1-2/h4-5,7H,2-3,6H2,1H3;2*1-2H3. The van der Waals surface area contributed by atoms with E-state index in [1.807, 2.05) is 27.7 Å². The lowest BCUT2D eigenvalue weighted by molar-refractivity contribution is 0.288. The Labute approximate surface area is 94.5 Å². The molecule has 2 rings (SSSR count). The van der Waals surface area contributed by atoms with Crippen LogP contribution in [0.2, 0.25) is 0 Å². The van der Waals surface area contributed by atoms with Gasteiger partial charge in [0, 0.05) is 0 Å². The van der Waals surface area contributed by atoms with Gasteiger partial charge < -0.3 is 4.74 Å². The van der Waals surface area contributed by atoms with Gasteiger partial charge in [-0.25, -0.2) is 0 Å². The third kappa shape index (κ3) is 4.37. The summed E-state index contributed by atoms with van der Waals surface area (Å²) in [6, 6.07) is 6.39. The van der Waals surface area contributed by atoms with Crippen molar-refractivity contribution >= 4 is 0 Å². The van der Waals surface area contributed by atoms with E-state index in [9.17, 15) is 0 Å². The van der Waals surface area contributed by atoms with Crippen LogP contribution in [0.5, 0.6) is 5.75 Å². The van der Waals surface area contributed by atoms with Gasteiger partial charge >= 0.3 is 0 Å². The van der Waals surface area contributed by atoms with Crippen LogP contribution in [0.4, 0.5) is 0 Å². The zero-order chi connectivity index (χ0) is 11.7. The van der Waals surface area contributed by atoms with Crippen LogP contribution < -0.4 is 4.74 Å². The largest absolute Gasteiger partial charge is 0.493 e. The van der Waals surface area contributed by atoms with E-state index in [4.69, 9.17) is 4.74 Å². The molecule has 86 valence electrons. The Balaban J connectivity index is 0.000000442. The van der Waals surface area contributed by atoms with Crippen molar-refractivity contribution in [2.24, 2.45) is 0 Å². The molecule has 15 heavy (non-hydrogen) atoms. The zero-order valence-corrected chi connectivity index (χ0v) is 10.8. The van der Waals surface area contributed by atoms with Gasteiger partial charge in [-0.1, -0.05) is 45.4 Å². The van der Waals surface area contributed by atoms with Gasteiger partial charge in [-0.15, -0.1) is 0 Å². The van der Waals surface area contributed by atoms with Crippen molar-refractivity contribution in [3.63, 3.8) is 0 Å². The summed E-state index contributed by atoms with van der Waals surface area (Å²) in [6.45, 7) is 11.0. The van der Waals surface area contributed by atoms with Crippen LogP contribution in [-0.2, 0) is 6.42 Å². The normalized spacial score (nSPS) is 12.1. The molecule has 1 heterocycles. The van der Waals surface area contributed by atoms with Gasteiger partial charge in [0.05, 0.1) is 6.61 Å². The predicted molar refractivity (Wildman–Crippen MR) is 67.7 cm³/mol. The highest BCUT2D eigenvalue weighted by molar-refractivity contribution is 5.37. The van der Waals surface area contributed by atoms with E-state index in [1.54, 1.807) is 0 Å². The summed E-state index contributed by atoms with van der Waals surface area (Å²) in [5, 5.41) is 0. The Morgan fingerprint density at radius 1 is 1.07 bits per heavy atom. The van der Waals surface area contributed by atoms with Gasteiger partial charge in [-0.05, 0) is 31.4 Å². The molecule has 1 aromatic carbocycles. The van der Waals surface area contributed by atoms with Crippen LogP contribution in [0.3, 0.4) is 0 Å². The number of benzene rings is 1. The predicted octanol–water partition coefficient (Wildman–Crippen LogP) is 4.37. The van der Waals surface area contributed by atoms with Crippen LogP contribution >= 0.6 is 0 Å². The molecule has 0 aliphatic carbocycles. The van der Waals surface area contributed by atoms with E-state index in [2.05, 4.69) is 25.1 Å². The number of hydrogen-bond donors (Lipinski definition) is 0. The maximum absolute atomic E-state index is 5.48. The summed E-state index contributed by atoms with van der Waals surface area (Å²) in [4.78, 5) is 0. The van der Waals surface area contributed by atoms with E-state index in [1.165, 1.54) is 17.5 Å². The van der Waals surface area contributed by atoms with Gasteiger partial charge in [0.15, 0.2) is 0 Å². The smallest absolute Gasteiger partial charge is 0.122 e. The first-order valence-electron chi connectivity index (χ1n) is 6.08. The number of hydrogen-bond acceptors (Lipinski definition) is 1. The zero-order valence-electron chi connectivity index (χ0n) is 10.8. The molecule has 0 radical (unpaired) electrons. The van der Waals surface area contributed by atoms with E-state index in [0.717, 1.165) is 18.8 Å². The lowest BCUT2D eigenvalue weighted by atomic mass is 10.0. The summed E-state index contributed by atoms with van der Waals surface area (Å²) in [5.41, 5.74) is 2.70. The maximum atomic E-state index is 5.48. The first-order valence-corrected chi connectivity index (χ1v) is 6.08. The van der Waals surface area contributed by atoms with Crippen molar-refractivity contribution in [3.8, 4) is 5.75 Å². The molecule has 0 bridgehead atoms. The number of fused-ring (bicyclic) bond motifs is 1. The van der Waals surface area contributed by atoms with Gasteiger partial charge in [0.1, 0.15) is 5.75 Å². The van der Waals surface area contributed by atoms with Crippen molar-refractivity contribution in [1.82, 2.24) is 0 Å². The van der Waals surface area contributed by atoms with Gasteiger partial charge in [-0.2, -0.15) is 0 Å². The molecule has 0 amide bonds. The van der Waals surface area contributed by atoms with Crippen LogP contribution in [0.15, 0.2) is 18.2 Å². The van der Waals surface area contributed by atoms with E-state index in [-0.39, 0.29) is 0 Å². The lowest BCUT2D eigenvalue weighted by Gasteiger charge is -2.16. The molecule has 0 spiro atoms. The highest BCUT2D eigenvalue weighted by Crippen LogP contribution is 2.24. The van der Waals surface area contributed by atoms with Gasteiger partial charge in [-0.3, -0.25) is 0 Å². The number of rotatable bonds is 0. The fourth-order valence-electron chi connectivity index (χ4n) is 1.49. The lowest BCUT2D eigenvalue weighted by Crippen LogP contribution is -2.07. The van der Waals surface area contributed by atoms with Crippen LogP contribution in [0.1, 0.15) is 45.2 Å². The minimum Gasteiger partial charge on any atom is -0.493 e. The summed E-state index contributed by atoms with van der Waals surface area (Å²) < 4.78 is 5.48. The second kappa shape index (κ2) is 8.34. The first-order chi connectivity index (χ1) is 7.36. The molecule has 0 unspecified atom stereocenters. The average Bonchev–Trinajstić information content (AvgIpc) is 2.34. The quantitative estimate of drug-likeness (QED) is 0.615. The third-order valence-corrected chi connectivity index (χ3v) is 2.06. The number of ether oxygens (including phenoxy) is 1. The van der Waals surface area contributed by atoms with Crippen molar-refractivity contribution in [3.05, 3.63) is 29.3 Å². The van der Waals surface area contributed by atoms with Crippen LogP contribution in [0.25, 0.3) is 0 Å². The van der Waals surface area contributed by atoms with E-state index < -0.39 is 0 Å².